The quantitative estimate of drug-likeness (QED) is 0.658. The molecule has 12 heavy (non-hydrogen) atoms. The topological polar surface area (TPSA) is 37.0 Å². The SMILES string of the molecule is CNC(=S)NCc1ccccn1. The molecule has 3 nitrogen and oxygen atoms in total. The highest BCUT2D eigenvalue weighted by atomic mass is 32.1. The van der Waals surface area contributed by atoms with E-state index in [1.54, 1.807) is 13.2 Å². The Labute approximate surface area is 77.2 Å². The molecule has 0 bridgehead atoms. The largest absolute Gasteiger partial charge is 0.366 e. The van der Waals surface area contributed by atoms with Gasteiger partial charge in [-0.15, -0.1) is 0 Å². The zero-order valence-corrected chi connectivity index (χ0v) is 7.69. The molecule has 2 N–H and O–H groups in total. The highest BCUT2D eigenvalue weighted by Crippen LogP contribution is 1.91. The summed E-state index contributed by atoms with van der Waals surface area (Å²) in [5.74, 6) is 0. The second kappa shape index (κ2) is 4.66. The predicted octanol–water partition coefficient (Wildman–Crippen LogP) is 0.675. The molecule has 1 aromatic rings. The van der Waals surface area contributed by atoms with Gasteiger partial charge >= 0.3 is 0 Å². The van der Waals surface area contributed by atoms with E-state index in [0.29, 0.717) is 11.7 Å². The number of nitrogens with one attached hydrogen (secondary N) is 2. The summed E-state index contributed by atoms with van der Waals surface area (Å²) in [6.45, 7) is 0.667. The van der Waals surface area contributed by atoms with Crippen LogP contribution in [0, 0.1) is 0 Å². The number of hydrogen-bond acceptors (Lipinski definition) is 2. The van der Waals surface area contributed by atoms with Crippen LogP contribution >= 0.6 is 12.2 Å². The van der Waals surface area contributed by atoms with Crippen LogP contribution < -0.4 is 10.6 Å². The number of thiocarbonyl (C=S) groups is 1. The molecule has 0 saturated carbocycles. The van der Waals surface area contributed by atoms with Gasteiger partial charge in [-0.05, 0) is 24.4 Å². The van der Waals surface area contributed by atoms with Crippen LogP contribution in [0.5, 0.6) is 0 Å². The summed E-state index contributed by atoms with van der Waals surface area (Å²) in [5.41, 5.74) is 0.982. The van der Waals surface area contributed by atoms with E-state index in [4.69, 9.17) is 12.2 Å². The minimum absolute atomic E-state index is 0.639. The van der Waals surface area contributed by atoms with Crippen LogP contribution in [0.3, 0.4) is 0 Å². The van der Waals surface area contributed by atoms with Crippen molar-refractivity contribution in [1.29, 1.82) is 0 Å². The first-order valence-electron chi connectivity index (χ1n) is 3.68. The van der Waals surface area contributed by atoms with Crippen LogP contribution in [-0.2, 0) is 6.54 Å². The average Bonchev–Trinajstić information content (AvgIpc) is 2.16. The van der Waals surface area contributed by atoms with E-state index in [-0.39, 0.29) is 0 Å². The van der Waals surface area contributed by atoms with Gasteiger partial charge in [-0.1, -0.05) is 6.07 Å². The summed E-state index contributed by atoms with van der Waals surface area (Å²) in [4.78, 5) is 4.14. The average molecular weight is 181 g/mol. The molecule has 4 heteroatoms. The molecule has 0 aliphatic carbocycles. The molecule has 1 rings (SSSR count). The molecular formula is C8H11N3S. The molecule has 0 aliphatic heterocycles. The Hall–Kier alpha value is -1.16. The molecule has 0 fully saturated rings. The van der Waals surface area contributed by atoms with Crippen LogP contribution in [-0.4, -0.2) is 17.1 Å². The molecule has 0 spiro atoms. The molecule has 64 valence electrons. The number of aromatic nitrogens is 1. The van der Waals surface area contributed by atoms with Gasteiger partial charge in [0.1, 0.15) is 0 Å². The Morgan fingerprint density at radius 3 is 3.00 bits per heavy atom. The first-order valence-corrected chi connectivity index (χ1v) is 4.09. The molecular weight excluding hydrogens is 170 g/mol. The van der Waals surface area contributed by atoms with Crippen molar-refractivity contribution in [2.24, 2.45) is 0 Å². The fourth-order valence-electron chi connectivity index (χ4n) is 0.762. The lowest BCUT2D eigenvalue weighted by molar-refractivity contribution is 0.856. The summed E-state index contributed by atoms with van der Waals surface area (Å²) in [6, 6.07) is 5.79. The maximum atomic E-state index is 4.90. The van der Waals surface area contributed by atoms with Crippen molar-refractivity contribution in [1.82, 2.24) is 15.6 Å². The summed E-state index contributed by atoms with van der Waals surface area (Å²) >= 11 is 4.90. The molecule has 1 aromatic heterocycles. The van der Waals surface area contributed by atoms with E-state index >= 15 is 0 Å². The highest BCUT2D eigenvalue weighted by molar-refractivity contribution is 7.80. The van der Waals surface area contributed by atoms with E-state index < -0.39 is 0 Å². The Balaban J connectivity index is 2.38. The van der Waals surface area contributed by atoms with Gasteiger partial charge in [0.05, 0.1) is 12.2 Å². The minimum Gasteiger partial charge on any atom is -0.366 e. The van der Waals surface area contributed by atoms with Crippen LogP contribution in [0.15, 0.2) is 24.4 Å². The van der Waals surface area contributed by atoms with E-state index in [0.717, 1.165) is 5.69 Å². The molecule has 0 aliphatic rings. The lowest BCUT2D eigenvalue weighted by atomic mass is 10.3. The Morgan fingerprint density at radius 1 is 1.58 bits per heavy atom. The van der Waals surface area contributed by atoms with E-state index in [1.165, 1.54) is 0 Å². The van der Waals surface area contributed by atoms with Gasteiger partial charge < -0.3 is 10.6 Å². The van der Waals surface area contributed by atoms with Crippen molar-refractivity contribution in [2.75, 3.05) is 7.05 Å². The minimum atomic E-state index is 0.639. The van der Waals surface area contributed by atoms with Crippen molar-refractivity contribution in [3.05, 3.63) is 30.1 Å². The zero-order valence-electron chi connectivity index (χ0n) is 6.87. The molecule has 0 unspecified atom stereocenters. The number of pyridine rings is 1. The number of rotatable bonds is 2. The Morgan fingerprint density at radius 2 is 2.42 bits per heavy atom. The second-order valence-corrected chi connectivity index (χ2v) is 2.66. The van der Waals surface area contributed by atoms with Crippen molar-refractivity contribution in [3.8, 4) is 0 Å². The zero-order chi connectivity index (χ0) is 8.81. The van der Waals surface area contributed by atoms with Gasteiger partial charge in [0.2, 0.25) is 0 Å². The molecule has 0 amide bonds. The molecule has 1 heterocycles. The molecule has 0 radical (unpaired) electrons. The van der Waals surface area contributed by atoms with Crippen LogP contribution in [0.2, 0.25) is 0 Å². The normalized spacial score (nSPS) is 9.08. The molecule has 0 saturated heterocycles. The summed E-state index contributed by atoms with van der Waals surface area (Å²) in [7, 11) is 1.79. The lowest BCUT2D eigenvalue weighted by Gasteiger charge is -2.05. The standard InChI is InChI=1S/C8H11N3S/c1-9-8(12)11-6-7-4-2-3-5-10-7/h2-5H,6H2,1H3,(H2,9,11,12). The summed E-state index contributed by atoms with van der Waals surface area (Å²) in [5, 5.41) is 6.47. The third-order valence-electron chi connectivity index (χ3n) is 1.38. The third kappa shape index (κ3) is 2.84. The van der Waals surface area contributed by atoms with Crippen molar-refractivity contribution < 1.29 is 0 Å². The lowest BCUT2D eigenvalue weighted by Crippen LogP contribution is -2.31. The first-order chi connectivity index (χ1) is 5.83. The maximum Gasteiger partial charge on any atom is 0.166 e. The first kappa shape index (κ1) is 8.93. The monoisotopic (exact) mass is 181 g/mol. The number of hydrogen-bond donors (Lipinski definition) is 2. The summed E-state index contributed by atoms with van der Waals surface area (Å²) < 4.78 is 0. The predicted molar refractivity (Wildman–Crippen MR) is 52.7 cm³/mol. The van der Waals surface area contributed by atoms with Gasteiger partial charge in [0.15, 0.2) is 5.11 Å². The van der Waals surface area contributed by atoms with Crippen LogP contribution in [0.4, 0.5) is 0 Å². The van der Waals surface area contributed by atoms with Crippen molar-refractivity contribution >= 4 is 17.3 Å². The van der Waals surface area contributed by atoms with Gasteiger partial charge in [0, 0.05) is 13.2 Å². The van der Waals surface area contributed by atoms with Gasteiger partial charge in [-0.3, -0.25) is 4.98 Å². The smallest absolute Gasteiger partial charge is 0.166 e. The van der Waals surface area contributed by atoms with Gasteiger partial charge in [-0.25, -0.2) is 0 Å². The Kier molecular flexibility index (Phi) is 3.47. The van der Waals surface area contributed by atoms with Crippen LogP contribution in [0.1, 0.15) is 5.69 Å². The van der Waals surface area contributed by atoms with E-state index in [9.17, 15) is 0 Å². The van der Waals surface area contributed by atoms with Crippen molar-refractivity contribution in [2.45, 2.75) is 6.54 Å². The highest BCUT2D eigenvalue weighted by Gasteiger charge is 1.92. The van der Waals surface area contributed by atoms with Crippen molar-refractivity contribution in [3.63, 3.8) is 0 Å². The molecule has 0 atom stereocenters. The third-order valence-corrected chi connectivity index (χ3v) is 1.73. The van der Waals surface area contributed by atoms with E-state index in [2.05, 4.69) is 15.6 Å². The fourth-order valence-corrected chi connectivity index (χ4v) is 0.834. The maximum absolute atomic E-state index is 4.90. The second-order valence-electron chi connectivity index (χ2n) is 2.25. The van der Waals surface area contributed by atoms with E-state index in [1.807, 2.05) is 18.2 Å². The summed E-state index contributed by atoms with van der Waals surface area (Å²) in [6.07, 6.45) is 1.76. The van der Waals surface area contributed by atoms with Gasteiger partial charge in [0.25, 0.3) is 0 Å². The molecule has 0 aromatic carbocycles. The Bertz CT molecular complexity index is 248. The van der Waals surface area contributed by atoms with Crippen LogP contribution in [0.25, 0.3) is 0 Å². The van der Waals surface area contributed by atoms with Gasteiger partial charge in [-0.2, -0.15) is 0 Å². The fraction of sp³-hybridized carbons (Fsp3) is 0.250. The number of nitrogens with zero attached hydrogens (tertiary/aromatic N) is 1.